The fourth-order valence-corrected chi connectivity index (χ4v) is 4.43. The molecule has 3 rings (SSSR count). The van der Waals surface area contributed by atoms with Crippen LogP contribution in [-0.4, -0.2) is 40.1 Å². The van der Waals surface area contributed by atoms with Gasteiger partial charge in [-0.1, -0.05) is 55.9 Å². The number of methoxy groups -OCH3 is 1. The molecule has 2 aromatic carbocycles. The number of nitrogens with zero attached hydrogens (tertiary/aromatic N) is 4. The summed E-state index contributed by atoms with van der Waals surface area (Å²) in [5.74, 6) is 1.66. The Hall–Kier alpha value is -2.80. The average Bonchev–Trinajstić information content (AvgIpc) is 3.19. The number of anilines is 1. The van der Waals surface area contributed by atoms with E-state index in [0.29, 0.717) is 6.54 Å². The van der Waals surface area contributed by atoms with Crippen LogP contribution in [0.1, 0.15) is 20.8 Å². The van der Waals surface area contributed by atoms with E-state index < -0.39 is 0 Å². The minimum Gasteiger partial charge on any atom is -0.496 e. The van der Waals surface area contributed by atoms with Crippen LogP contribution in [0.15, 0.2) is 59.8 Å². The molecule has 0 aliphatic heterocycles. The van der Waals surface area contributed by atoms with E-state index in [-0.39, 0.29) is 17.1 Å². The SMILES string of the molecule is CCn1c(S[C@@H](C(=O)N(C)c2ccccc2)C(C)C)nnc1-c1ccccc1OC. The van der Waals surface area contributed by atoms with Gasteiger partial charge in [0.1, 0.15) is 5.75 Å². The van der Waals surface area contributed by atoms with Crippen LogP contribution in [0, 0.1) is 5.92 Å². The van der Waals surface area contributed by atoms with Gasteiger partial charge in [-0.25, -0.2) is 0 Å². The van der Waals surface area contributed by atoms with Crippen LogP contribution in [0.2, 0.25) is 0 Å². The van der Waals surface area contributed by atoms with E-state index in [2.05, 4.69) is 31.0 Å². The zero-order valence-corrected chi connectivity index (χ0v) is 18.9. The molecule has 0 aliphatic carbocycles. The first-order valence-electron chi connectivity index (χ1n) is 10.0. The van der Waals surface area contributed by atoms with Gasteiger partial charge in [0.2, 0.25) is 5.91 Å². The van der Waals surface area contributed by atoms with Crippen molar-refractivity contribution in [1.82, 2.24) is 14.8 Å². The third kappa shape index (κ3) is 4.51. The fourth-order valence-electron chi connectivity index (χ4n) is 3.24. The number of rotatable bonds is 8. The molecule has 0 saturated carbocycles. The lowest BCUT2D eigenvalue weighted by atomic mass is 10.1. The molecule has 1 atom stereocenters. The zero-order valence-electron chi connectivity index (χ0n) is 18.1. The summed E-state index contributed by atoms with van der Waals surface area (Å²) in [6.07, 6.45) is 0. The zero-order chi connectivity index (χ0) is 21.7. The van der Waals surface area contributed by atoms with Gasteiger partial charge in [0, 0.05) is 19.3 Å². The number of carbonyl (C=O) groups is 1. The normalized spacial score (nSPS) is 12.1. The molecule has 0 N–H and O–H groups in total. The van der Waals surface area contributed by atoms with E-state index in [1.54, 1.807) is 12.0 Å². The van der Waals surface area contributed by atoms with Crippen molar-refractivity contribution in [2.24, 2.45) is 5.92 Å². The van der Waals surface area contributed by atoms with Crippen LogP contribution in [0.5, 0.6) is 5.75 Å². The van der Waals surface area contributed by atoms with Gasteiger partial charge in [-0.2, -0.15) is 0 Å². The molecule has 3 aromatic rings. The molecular formula is C23H28N4O2S. The molecule has 158 valence electrons. The van der Waals surface area contributed by atoms with E-state index in [0.717, 1.165) is 28.0 Å². The first-order valence-corrected chi connectivity index (χ1v) is 10.9. The summed E-state index contributed by atoms with van der Waals surface area (Å²) < 4.78 is 7.53. The molecule has 0 bridgehead atoms. The average molecular weight is 425 g/mol. The third-order valence-corrected chi connectivity index (χ3v) is 6.45. The molecule has 0 spiro atoms. The second-order valence-electron chi connectivity index (χ2n) is 7.27. The van der Waals surface area contributed by atoms with Crippen molar-refractivity contribution in [3.63, 3.8) is 0 Å². The van der Waals surface area contributed by atoms with Crippen LogP contribution in [-0.2, 0) is 11.3 Å². The first-order chi connectivity index (χ1) is 14.5. The van der Waals surface area contributed by atoms with Crippen LogP contribution in [0.3, 0.4) is 0 Å². The molecule has 1 amide bonds. The molecule has 0 aliphatic rings. The number of benzene rings is 2. The Balaban J connectivity index is 1.91. The van der Waals surface area contributed by atoms with Gasteiger partial charge in [0.15, 0.2) is 11.0 Å². The molecule has 30 heavy (non-hydrogen) atoms. The second kappa shape index (κ2) is 9.80. The highest BCUT2D eigenvalue weighted by atomic mass is 32.2. The van der Waals surface area contributed by atoms with E-state index in [1.165, 1.54) is 11.8 Å². The van der Waals surface area contributed by atoms with Gasteiger partial charge in [-0.05, 0) is 37.1 Å². The maximum Gasteiger partial charge on any atom is 0.240 e. The molecule has 7 heteroatoms. The van der Waals surface area contributed by atoms with Crippen molar-refractivity contribution in [2.45, 2.75) is 37.7 Å². The Morgan fingerprint density at radius 1 is 1.10 bits per heavy atom. The van der Waals surface area contributed by atoms with Crippen LogP contribution in [0.4, 0.5) is 5.69 Å². The lowest BCUT2D eigenvalue weighted by molar-refractivity contribution is -0.118. The highest BCUT2D eigenvalue weighted by molar-refractivity contribution is 8.00. The Bertz CT molecular complexity index is 988. The number of ether oxygens (including phenoxy) is 1. The van der Waals surface area contributed by atoms with Gasteiger partial charge in [-0.3, -0.25) is 4.79 Å². The molecule has 0 unspecified atom stereocenters. The number of para-hydroxylation sites is 2. The molecule has 6 nitrogen and oxygen atoms in total. The Morgan fingerprint density at radius 2 is 1.77 bits per heavy atom. The van der Waals surface area contributed by atoms with Crippen LogP contribution in [0.25, 0.3) is 11.4 Å². The standard InChI is InChI=1S/C23H28N4O2S/c1-6-27-21(18-14-10-11-15-19(18)29-5)24-25-23(27)30-20(16(2)3)22(28)26(4)17-12-8-7-9-13-17/h7-16,20H,6H2,1-5H3/t20-/m1/s1. The lowest BCUT2D eigenvalue weighted by Gasteiger charge is -2.25. The van der Waals surface area contributed by atoms with Crippen molar-refractivity contribution in [3.05, 3.63) is 54.6 Å². The van der Waals surface area contributed by atoms with Gasteiger partial charge >= 0.3 is 0 Å². The summed E-state index contributed by atoms with van der Waals surface area (Å²) >= 11 is 1.47. The summed E-state index contributed by atoms with van der Waals surface area (Å²) in [6, 6.07) is 17.5. The Labute approximate surface area is 182 Å². The van der Waals surface area contributed by atoms with Crippen LogP contribution >= 0.6 is 11.8 Å². The minimum absolute atomic E-state index is 0.0469. The number of thioether (sulfide) groups is 1. The highest BCUT2D eigenvalue weighted by Gasteiger charge is 2.30. The molecule has 1 heterocycles. The monoisotopic (exact) mass is 424 g/mol. The lowest BCUT2D eigenvalue weighted by Crippen LogP contribution is -2.37. The minimum atomic E-state index is -0.282. The van der Waals surface area contributed by atoms with Crippen LogP contribution < -0.4 is 9.64 Å². The van der Waals surface area contributed by atoms with Gasteiger partial charge < -0.3 is 14.2 Å². The summed E-state index contributed by atoms with van der Waals surface area (Å²) in [7, 11) is 3.46. The molecule has 0 radical (unpaired) electrons. The summed E-state index contributed by atoms with van der Waals surface area (Å²) in [4.78, 5) is 15.0. The number of hydrogen-bond donors (Lipinski definition) is 0. The largest absolute Gasteiger partial charge is 0.496 e. The highest BCUT2D eigenvalue weighted by Crippen LogP contribution is 2.34. The maximum absolute atomic E-state index is 13.3. The topological polar surface area (TPSA) is 60.2 Å². The molecule has 0 fully saturated rings. The van der Waals surface area contributed by atoms with Crippen molar-refractivity contribution < 1.29 is 9.53 Å². The first kappa shape index (κ1) is 21.9. The van der Waals surface area contributed by atoms with Crippen molar-refractivity contribution in [3.8, 4) is 17.1 Å². The van der Waals surface area contributed by atoms with E-state index in [9.17, 15) is 4.79 Å². The summed E-state index contributed by atoms with van der Waals surface area (Å²) in [6.45, 7) is 6.86. The van der Waals surface area contributed by atoms with Crippen molar-refractivity contribution in [2.75, 3.05) is 19.1 Å². The van der Waals surface area contributed by atoms with Gasteiger partial charge in [-0.15, -0.1) is 10.2 Å². The van der Waals surface area contributed by atoms with Crippen molar-refractivity contribution in [1.29, 1.82) is 0 Å². The number of carbonyl (C=O) groups excluding carboxylic acids is 1. The second-order valence-corrected chi connectivity index (χ2v) is 8.37. The summed E-state index contributed by atoms with van der Waals surface area (Å²) in [5, 5.41) is 9.30. The predicted octanol–water partition coefficient (Wildman–Crippen LogP) is 4.75. The maximum atomic E-state index is 13.3. The molecule has 1 aromatic heterocycles. The third-order valence-electron chi connectivity index (χ3n) is 4.94. The van der Waals surface area contributed by atoms with Gasteiger partial charge in [0.25, 0.3) is 0 Å². The number of aromatic nitrogens is 3. The van der Waals surface area contributed by atoms with Gasteiger partial charge in [0.05, 0.1) is 17.9 Å². The molecular weight excluding hydrogens is 396 g/mol. The fraction of sp³-hybridized carbons (Fsp3) is 0.348. The number of amides is 1. The smallest absolute Gasteiger partial charge is 0.240 e. The molecule has 0 saturated heterocycles. The Kier molecular flexibility index (Phi) is 7.15. The van der Waals surface area contributed by atoms with E-state index >= 15 is 0 Å². The quantitative estimate of drug-likeness (QED) is 0.488. The number of hydrogen-bond acceptors (Lipinski definition) is 5. The van der Waals surface area contributed by atoms with E-state index in [4.69, 9.17) is 4.74 Å². The Morgan fingerprint density at radius 3 is 2.40 bits per heavy atom. The van der Waals surface area contributed by atoms with Crippen molar-refractivity contribution >= 4 is 23.4 Å². The predicted molar refractivity (Wildman–Crippen MR) is 122 cm³/mol. The summed E-state index contributed by atoms with van der Waals surface area (Å²) in [5.41, 5.74) is 1.76. The van der Waals surface area contributed by atoms with E-state index in [1.807, 2.05) is 66.2 Å².